The third-order valence-corrected chi connectivity index (χ3v) is 8.57. The van der Waals surface area contributed by atoms with Gasteiger partial charge in [-0.1, -0.05) is 20.8 Å². The van der Waals surface area contributed by atoms with E-state index < -0.39 is 20.2 Å². The van der Waals surface area contributed by atoms with Crippen LogP contribution in [0, 0.1) is 5.41 Å². The van der Waals surface area contributed by atoms with Crippen molar-refractivity contribution in [3.8, 4) is 0 Å². The Morgan fingerprint density at radius 1 is 1.35 bits per heavy atom. The van der Waals surface area contributed by atoms with Crippen molar-refractivity contribution in [1.82, 2.24) is 0 Å². The average Bonchev–Trinajstić information content (AvgIpc) is 2.07. The minimum Gasteiger partial charge on any atom is -0.416 e. The molecule has 0 spiro atoms. The van der Waals surface area contributed by atoms with Crippen molar-refractivity contribution >= 4 is 14.1 Å². The Kier molecular flexibility index (Phi) is 3.84. The second kappa shape index (κ2) is 4.43. The van der Waals surface area contributed by atoms with E-state index in [2.05, 4.69) is 20.8 Å². The second-order valence-corrected chi connectivity index (χ2v) is 11.4. The van der Waals surface area contributed by atoms with Crippen LogP contribution < -0.4 is 0 Å². The Labute approximate surface area is 103 Å². The van der Waals surface area contributed by atoms with Crippen molar-refractivity contribution in [3.63, 3.8) is 0 Å². The van der Waals surface area contributed by atoms with Gasteiger partial charge in [0.05, 0.1) is 5.41 Å². The van der Waals surface area contributed by atoms with Crippen LogP contribution in [-0.4, -0.2) is 27.1 Å². The van der Waals surface area contributed by atoms with E-state index in [9.17, 15) is 13.6 Å². The Morgan fingerprint density at radius 3 is 2.12 bits per heavy atom. The molecule has 1 rings (SSSR count). The van der Waals surface area contributed by atoms with Crippen LogP contribution in [0.4, 0.5) is 8.78 Å². The maximum absolute atomic E-state index is 13.0. The summed E-state index contributed by atoms with van der Waals surface area (Å²) in [7, 11) is -2.01. The average molecular weight is 264 g/mol. The number of hydrogen-bond acceptors (Lipinski definition) is 2. The van der Waals surface area contributed by atoms with Gasteiger partial charge >= 0.3 is 0 Å². The van der Waals surface area contributed by atoms with Gasteiger partial charge in [0.1, 0.15) is 5.78 Å². The number of rotatable bonds is 4. The van der Waals surface area contributed by atoms with E-state index in [1.165, 1.54) is 0 Å². The summed E-state index contributed by atoms with van der Waals surface area (Å²) in [5, 5.41) is 0.00404. The van der Waals surface area contributed by atoms with Gasteiger partial charge < -0.3 is 4.43 Å². The number of carbonyl (C=O) groups excluding carboxylic acids is 1. The quantitative estimate of drug-likeness (QED) is 0.725. The lowest BCUT2D eigenvalue weighted by Gasteiger charge is -2.44. The van der Waals surface area contributed by atoms with Crippen molar-refractivity contribution in [3.05, 3.63) is 0 Å². The van der Waals surface area contributed by atoms with Gasteiger partial charge in [-0.05, 0) is 18.1 Å². The molecular weight excluding hydrogens is 242 g/mol. The van der Waals surface area contributed by atoms with Crippen molar-refractivity contribution in [2.45, 2.75) is 58.2 Å². The van der Waals surface area contributed by atoms with E-state index in [1.807, 2.05) is 13.1 Å². The normalized spacial score (nSPS) is 20.6. The van der Waals surface area contributed by atoms with Crippen molar-refractivity contribution in [1.29, 1.82) is 0 Å². The predicted octanol–water partition coefficient (Wildman–Crippen LogP) is 3.62. The molecule has 0 unspecified atom stereocenters. The van der Waals surface area contributed by atoms with Crippen LogP contribution in [0.25, 0.3) is 0 Å². The van der Waals surface area contributed by atoms with Crippen molar-refractivity contribution in [2.24, 2.45) is 5.41 Å². The third kappa shape index (κ3) is 2.94. The number of carbonyl (C=O) groups is 1. The first-order valence-electron chi connectivity index (χ1n) is 5.94. The summed E-state index contributed by atoms with van der Waals surface area (Å²) in [5.41, 5.74) is -1.20. The molecule has 0 atom stereocenters. The molecule has 1 aliphatic rings. The summed E-state index contributed by atoms with van der Waals surface area (Å²) in [6.07, 6.45) is -2.52. The molecule has 0 saturated heterocycles. The van der Waals surface area contributed by atoms with Crippen LogP contribution in [0.3, 0.4) is 0 Å². The van der Waals surface area contributed by atoms with Crippen molar-refractivity contribution < 1.29 is 18.0 Å². The fraction of sp³-hybridized carbons (Fsp3) is 0.917. The topological polar surface area (TPSA) is 26.3 Å². The van der Waals surface area contributed by atoms with Gasteiger partial charge in [-0.3, -0.25) is 4.79 Å². The van der Waals surface area contributed by atoms with Crippen LogP contribution >= 0.6 is 0 Å². The van der Waals surface area contributed by atoms with Crippen LogP contribution in [0.1, 0.15) is 33.6 Å². The van der Waals surface area contributed by atoms with E-state index in [0.29, 0.717) is 0 Å². The van der Waals surface area contributed by atoms with Gasteiger partial charge in [0.15, 0.2) is 8.32 Å². The zero-order valence-electron chi connectivity index (χ0n) is 11.3. The molecule has 2 nitrogen and oxygen atoms in total. The summed E-state index contributed by atoms with van der Waals surface area (Å²) < 4.78 is 31.7. The Bertz CT molecular complexity index is 300. The smallest absolute Gasteiger partial charge is 0.247 e. The monoisotopic (exact) mass is 264 g/mol. The lowest BCUT2D eigenvalue weighted by Crippen LogP contribution is -2.51. The van der Waals surface area contributed by atoms with E-state index in [0.717, 1.165) is 0 Å². The van der Waals surface area contributed by atoms with Gasteiger partial charge in [0, 0.05) is 19.4 Å². The van der Waals surface area contributed by atoms with Gasteiger partial charge in [0.2, 0.25) is 6.43 Å². The summed E-state index contributed by atoms with van der Waals surface area (Å²) in [5.74, 6) is -0.0795. The van der Waals surface area contributed by atoms with Crippen LogP contribution in [0.5, 0.6) is 0 Å². The largest absolute Gasteiger partial charge is 0.416 e. The standard InChI is InChI=1S/C12H22F2O2Si/c1-11(2,3)17(4,5)16-8-12(10(13)14)6-9(15)7-12/h10H,6-8H2,1-5H3. The number of alkyl halides is 2. The molecule has 0 N–H and O–H groups in total. The maximum Gasteiger partial charge on any atom is 0.247 e. The number of halogens is 2. The zero-order chi connectivity index (χ0) is 13.5. The Morgan fingerprint density at radius 2 is 1.82 bits per heavy atom. The summed E-state index contributed by atoms with van der Waals surface area (Å²) in [4.78, 5) is 11.0. The molecule has 0 aromatic rings. The highest BCUT2D eigenvalue weighted by atomic mass is 28.4. The highest BCUT2D eigenvalue weighted by molar-refractivity contribution is 6.74. The molecular formula is C12H22F2O2Si. The first-order chi connectivity index (χ1) is 7.50. The highest BCUT2D eigenvalue weighted by Crippen LogP contribution is 2.46. The summed E-state index contributed by atoms with van der Waals surface area (Å²) in [6.45, 7) is 10.3. The van der Waals surface area contributed by atoms with Gasteiger partial charge in [-0.15, -0.1) is 0 Å². The van der Waals surface area contributed by atoms with E-state index >= 15 is 0 Å². The van der Waals surface area contributed by atoms with E-state index in [-0.39, 0.29) is 30.3 Å². The summed E-state index contributed by atoms with van der Waals surface area (Å²) in [6, 6.07) is 0. The van der Waals surface area contributed by atoms with Crippen LogP contribution in [0.15, 0.2) is 0 Å². The fourth-order valence-corrected chi connectivity index (χ4v) is 2.67. The lowest BCUT2D eigenvalue weighted by molar-refractivity contribution is -0.149. The minimum absolute atomic E-state index is 0.00404. The minimum atomic E-state index is -2.47. The molecule has 1 fully saturated rings. The first kappa shape index (κ1) is 14.8. The molecule has 17 heavy (non-hydrogen) atoms. The fourth-order valence-electron chi connectivity index (χ4n) is 1.59. The number of Topliss-reactive ketones (excluding diaryl/α,β-unsaturated/α-hetero) is 1. The molecule has 1 saturated carbocycles. The summed E-state index contributed by atoms with van der Waals surface area (Å²) >= 11 is 0. The number of hydrogen-bond donors (Lipinski definition) is 0. The van der Waals surface area contributed by atoms with Crippen LogP contribution in [-0.2, 0) is 9.22 Å². The SMILES string of the molecule is CC(C)(C)[Si](C)(C)OCC1(C(F)F)CC(=O)C1. The van der Waals surface area contributed by atoms with Gasteiger partial charge in [0.25, 0.3) is 0 Å². The van der Waals surface area contributed by atoms with E-state index in [1.54, 1.807) is 0 Å². The third-order valence-electron chi connectivity index (χ3n) is 4.09. The van der Waals surface area contributed by atoms with E-state index in [4.69, 9.17) is 4.43 Å². The highest BCUT2D eigenvalue weighted by Gasteiger charge is 2.52. The second-order valence-electron chi connectivity index (χ2n) is 6.60. The maximum atomic E-state index is 13.0. The molecule has 0 aliphatic heterocycles. The zero-order valence-corrected chi connectivity index (χ0v) is 12.3. The lowest BCUT2D eigenvalue weighted by atomic mass is 9.69. The molecule has 5 heteroatoms. The molecule has 1 aliphatic carbocycles. The molecule has 0 amide bonds. The Balaban J connectivity index is 2.63. The molecule has 0 heterocycles. The molecule has 0 aromatic carbocycles. The van der Waals surface area contributed by atoms with Crippen LogP contribution in [0.2, 0.25) is 18.1 Å². The molecule has 0 radical (unpaired) electrons. The number of ketones is 1. The predicted molar refractivity (Wildman–Crippen MR) is 65.8 cm³/mol. The molecule has 0 bridgehead atoms. The van der Waals surface area contributed by atoms with Gasteiger partial charge in [-0.2, -0.15) is 0 Å². The van der Waals surface area contributed by atoms with Crippen molar-refractivity contribution in [2.75, 3.05) is 6.61 Å². The first-order valence-corrected chi connectivity index (χ1v) is 8.85. The molecule has 0 aromatic heterocycles. The van der Waals surface area contributed by atoms with Gasteiger partial charge in [-0.25, -0.2) is 8.78 Å². The Hall–Kier alpha value is -0.293. The molecule has 100 valence electrons.